The molecule has 1 unspecified atom stereocenters. The molecule has 1 rings (SSSR count). The Hall–Kier alpha value is -0.290. The van der Waals surface area contributed by atoms with E-state index in [-0.39, 0.29) is 12.6 Å². The van der Waals surface area contributed by atoms with Gasteiger partial charge >= 0.3 is 0 Å². The number of nitrogens with two attached hydrogens (primary N) is 1. The van der Waals surface area contributed by atoms with Gasteiger partial charge in [-0.15, -0.1) is 0 Å². The molecule has 0 saturated carbocycles. The molecule has 0 radical (unpaired) electrons. The normalized spacial score (nSPS) is 15.2. The molecule has 0 bridgehead atoms. The smallest absolute Gasteiger partial charge is 0.216 e. The van der Waals surface area contributed by atoms with Gasteiger partial charge in [-0.2, -0.15) is 0 Å². The molecule has 1 aromatic carbocycles. The number of benzene rings is 1. The summed E-state index contributed by atoms with van der Waals surface area (Å²) in [5, 5.41) is 8.92. The molecule has 0 aliphatic rings. The van der Waals surface area contributed by atoms with Crippen LogP contribution in [0.5, 0.6) is 0 Å². The van der Waals surface area contributed by atoms with Gasteiger partial charge in [-0.05, 0) is 37.3 Å². The predicted molar refractivity (Wildman–Crippen MR) is 79.6 cm³/mol. The van der Waals surface area contributed by atoms with Crippen molar-refractivity contribution in [2.75, 3.05) is 13.2 Å². The molecule has 6 heteroatoms. The Labute approximate surface area is 114 Å². The molecule has 1 aromatic rings. The molecule has 0 amide bonds. The maximum absolute atomic E-state index is 9.69. The van der Waals surface area contributed by atoms with Crippen molar-refractivity contribution < 1.29 is 14.5 Å². The maximum atomic E-state index is 9.69. The molecule has 0 aromatic heterocycles. The Morgan fingerprint density at radius 3 is 2.22 bits per heavy atom. The van der Waals surface area contributed by atoms with Crippen molar-refractivity contribution in [3.63, 3.8) is 0 Å². The summed E-state index contributed by atoms with van der Waals surface area (Å²) in [6.07, 6.45) is 0.858. The topological polar surface area (TPSA) is 75.7 Å². The third-order valence-corrected chi connectivity index (χ3v) is 4.65. The quantitative estimate of drug-likeness (QED) is 0.714. The predicted octanol–water partition coefficient (Wildman–Crippen LogP) is 1.37. The minimum absolute atomic E-state index is 0.00926. The Morgan fingerprint density at radius 2 is 1.89 bits per heavy atom. The van der Waals surface area contributed by atoms with Crippen LogP contribution in [0.25, 0.3) is 0 Å². The molecule has 0 aliphatic carbocycles. The summed E-state index contributed by atoms with van der Waals surface area (Å²) in [6, 6.07) is 9.12. The second-order valence-corrected chi connectivity index (χ2v) is 6.92. The fourth-order valence-corrected chi connectivity index (χ4v) is 2.72. The Bertz CT molecular complexity index is 358. The third kappa shape index (κ3) is 7.21. The average Bonchev–Trinajstić information content (AvgIpc) is 2.39. The third-order valence-electron chi connectivity index (χ3n) is 2.15. The highest BCUT2D eigenvalue weighted by Crippen LogP contribution is 2.40. The van der Waals surface area contributed by atoms with E-state index in [1.165, 1.54) is 0 Å². The summed E-state index contributed by atoms with van der Waals surface area (Å²) in [5.41, 5.74) is 5.22. The Balaban J connectivity index is 0.000000411. The average molecular weight is 291 g/mol. The number of rotatable bonds is 5. The van der Waals surface area contributed by atoms with Gasteiger partial charge in [0.15, 0.2) is 0 Å². The van der Waals surface area contributed by atoms with Gasteiger partial charge in [0.05, 0.1) is 13.2 Å². The van der Waals surface area contributed by atoms with Crippen molar-refractivity contribution in [3.8, 4) is 0 Å². The molecule has 2 atom stereocenters. The Morgan fingerprint density at radius 1 is 1.33 bits per heavy atom. The van der Waals surface area contributed by atoms with Crippen molar-refractivity contribution in [2.24, 2.45) is 5.73 Å². The van der Waals surface area contributed by atoms with Gasteiger partial charge < -0.3 is 20.3 Å². The van der Waals surface area contributed by atoms with Crippen molar-refractivity contribution in [2.45, 2.75) is 26.3 Å². The first-order valence-electron chi connectivity index (χ1n) is 5.87. The summed E-state index contributed by atoms with van der Waals surface area (Å²) < 4.78 is 5.10. The van der Waals surface area contributed by atoms with Crippen LogP contribution in [0, 0.1) is 0 Å². The summed E-state index contributed by atoms with van der Waals surface area (Å²) in [7, 11) is 0. The Kier molecular flexibility index (Phi) is 9.46. The summed E-state index contributed by atoms with van der Waals surface area (Å²) >= 11 is 4.95. The molecule has 0 fully saturated rings. The lowest BCUT2D eigenvalue weighted by Crippen LogP contribution is -2.22. The van der Waals surface area contributed by atoms with E-state index >= 15 is 0 Å². The van der Waals surface area contributed by atoms with E-state index in [0.29, 0.717) is 11.9 Å². The lowest BCUT2D eigenvalue weighted by atomic mass is 10.3. The SMILES string of the molecule is CCOP(O)(=S)c1ccccc1.CC[C@@H](N)CO. The van der Waals surface area contributed by atoms with Gasteiger partial charge in [0, 0.05) is 11.3 Å². The highest BCUT2D eigenvalue weighted by Gasteiger charge is 2.14. The molecule has 104 valence electrons. The van der Waals surface area contributed by atoms with Crippen LogP contribution in [0.1, 0.15) is 20.3 Å². The van der Waals surface area contributed by atoms with Gasteiger partial charge in [-0.3, -0.25) is 0 Å². The van der Waals surface area contributed by atoms with Crippen LogP contribution in [-0.4, -0.2) is 29.3 Å². The van der Waals surface area contributed by atoms with Crippen molar-refractivity contribution in [1.82, 2.24) is 0 Å². The number of aliphatic hydroxyl groups is 1. The molecule has 0 heterocycles. The lowest BCUT2D eigenvalue weighted by Gasteiger charge is -2.13. The number of hydrogen-bond donors (Lipinski definition) is 3. The van der Waals surface area contributed by atoms with Crippen LogP contribution in [0.2, 0.25) is 0 Å². The highest BCUT2D eigenvalue weighted by atomic mass is 32.5. The highest BCUT2D eigenvalue weighted by molar-refractivity contribution is 8.13. The van der Waals surface area contributed by atoms with Crippen LogP contribution < -0.4 is 11.0 Å². The molecule has 0 spiro atoms. The van der Waals surface area contributed by atoms with Crippen LogP contribution in [0.4, 0.5) is 0 Å². The standard InChI is InChI=1S/C8H11O2PS.C4H11NO/c1-2-10-11(9,12)8-6-4-3-5-7-8;1-2-4(5)3-6/h3-7H,2H2,1H3,(H,9,12);4,6H,2-3,5H2,1H3/t;4-/m.1/s1. The molecule has 4 N–H and O–H groups in total. The van der Waals surface area contributed by atoms with Gasteiger partial charge in [0.25, 0.3) is 0 Å². The molecular weight excluding hydrogens is 269 g/mol. The van der Waals surface area contributed by atoms with E-state index in [1.54, 1.807) is 12.1 Å². The van der Waals surface area contributed by atoms with Crippen molar-refractivity contribution >= 4 is 23.6 Å². The minimum Gasteiger partial charge on any atom is -0.395 e. The minimum atomic E-state index is -2.71. The first kappa shape index (κ1) is 17.7. The molecule has 0 saturated heterocycles. The maximum Gasteiger partial charge on any atom is 0.216 e. The molecule has 18 heavy (non-hydrogen) atoms. The number of hydrogen-bond acceptors (Lipinski definition) is 4. The van der Waals surface area contributed by atoms with Crippen molar-refractivity contribution in [1.29, 1.82) is 0 Å². The first-order chi connectivity index (χ1) is 8.47. The zero-order valence-corrected chi connectivity index (χ0v) is 12.5. The lowest BCUT2D eigenvalue weighted by molar-refractivity contribution is 0.263. The largest absolute Gasteiger partial charge is 0.395 e. The second kappa shape index (κ2) is 9.62. The van der Waals surface area contributed by atoms with E-state index in [0.717, 1.165) is 6.42 Å². The zero-order chi connectivity index (χ0) is 14.0. The van der Waals surface area contributed by atoms with Gasteiger partial charge in [0.1, 0.15) is 0 Å². The zero-order valence-electron chi connectivity index (χ0n) is 10.8. The van der Waals surface area contributed by atoms with Crippen molar-refractivity contribution in [3.05, 3.63) is 30.3 Å². The van der Waals surface area contributed by atoms with E-state index in [9.17, 15) is 4.89 Å². The molecule has 0 aliphatic heterocycles. The van der Waals surface area contributed by atoms with E-state index in [4.69, 9.17) is 27.2 Å². The summed E-state index contributed by atoms with van der Waals surface area (Å²) in [5.74, 6) is 0. The van der Waals surface area contributed by atoms with Crippen LogP contribution >= 0.6 is 6.49 Å². The van der Waals surface area contributed by atoms with Crippen LogP contribution in [0.15, 0.2) is 30.3 Å². The summed E-state index contributed by atoms with van der Waals surface area (Å²) in [6.45, 7) is 1.61. The monoisotopic (exact) mass is 291 g/mol. The second-order valence-electron chi connectivity index (χ2n) is 3.62. The van der Waals surface area contributed by atoms with Gasteiger partial charge in [-0.25, -0.2) is 0 Å². The van der Waals surface area contributed by atoms with E-state index < -0.39 is 6.49 Å². The van der Waals surface area contributed by atoms with E-state index in [1.807, 2.05) is 32.0 Å². The van der Waals surface area contributed by atoms with Gasteiger partial charge in [0.2, 0.25) is 6.49 Å². The summed E-state index contributed by atoms with van der Waals surface area (Å²) in [4.78, 5) is 9.69. The fourth-order valence-electron chi connectivity index (χ4n) is 0.995. The fraction of sp³-hybridized carbons (Fsp3) is 0.500. The van der Waals surface area contributed by atoms with Crippen LogP contribution in [0.3, 0.4) is 0 Å². The first-order valence-corrected chi connectivity index (χ1v) is 8.54. The van der Waals surface area contributed by atoms with E-state index in [2.05, 4.69) is 0 Å². The molecule has 4 nitrogen and oxygen atoms in total. The van der Waals surface area contributed by atoms with Crippen LogP contribution in [-0.2, 0) is 16.3 Å². The van der Waals surface area contributed by atoms with Gasteiger partial charge in [-0.1, -0.05) is 25.1 Å². The molecular formula is C12H22NO3PS. The number of aliphatic hydroxyl groups excluding tert-OH is 1.